The van der Waals surface area contributed by atoms with Crippen molar-refractivity contribution in [3.8, 4) is 0 Å². The van der Waals surface area contributed by atoms with E-state index in [0.29, 0.717) is 0 Å². The second-order valence-corrected chi connectivity index (χ2v) is 14.0. The molecule has 0 amide bonds. The monoisotopic (exact) mass is 574 g/mol. The van der Waals surface area contributed by atoms with Gasteiger partial charge in [-0.1, -0.05) is 0 Å². The highest BCUT2D eigenvalue weighted by Gasteiger charge is 2.55. The summed E-state index contributed by atoms with van der Waals surface area (Å²) in [6.07, 6.45) is -7.32. The molecule has 0 radical (unpaired) electrons. The number of rotatable bonds is 8. The van der Waals surface area contributed by atoms with Crippen molar-refractivity contribution in [1.82, 2.24) is 0 Å². The fraction of sp³-hybridized carbons (Fsp3) is 0.821. The average Bonchev–Trinajstić information content (AvgIpc) is 2.76. The summed E-state index contributed by atoms with van der Waals surface area (Å²) >= 11 is 0. The van der Waals surface area contributed by atoms with Gasteiger partial charge >= 0.3 is 29.8 Å². The highest BCUT2D eigenvalue weighted by molar-refractivity contribution is 5.78. The molecular formula is C28H46O12. The molecule has 0 spiro atoms. The second kappa shape index (κ2) is 12.8. The zero-order chi connectivity index (χ0) is 31.4. The van der Waals surface area contributed by atoms with Crippen LogP contribution in [-0.2, 0) is 52.4 Å². The van der Waals surface area contributed by atoms with Crippen molar-refractivity contribution >= 4 is 29.8 Å². The molecule has 0 aromatic rings. The molecule has 0 aliphatic carbocycles. The van der Waals surface area contributed by atoms with Gasteiger partial charge in [-0.05, 0) is 83.1 Å². The van der Waals surface area contributed by atoms with Crippen LogP contribution < -0.4 is 0 Å². The first-order chi connectivity index (χ1) is 17.9. The van der Waals surface area contributed by atoms with Gasteiger partial charge in [-0.3, -0.25) is 19.2 Å². The summed E-state index contributed by atoms with van der Waals surface area (Å²) in [5.41, 5.74) is -3.93. The maximum absolute atomic E-state index is 13.1. The van der Waals surface area contributed by atoms with Gasteiger partial charge in [-0.25, -0.2) is 4.79 Å². The predicted octanol–water partition coefficient (Wildman–Crippen LogP) is 3.28. The van der Waals surface area contributed by atoms with Crippen LogP contribution in [0.15, 0.2) is 0 Å². The molecule has 12 nitrogen and oxygen atoms in total. The minimum Gasteiger partial charge on any atom is -0.480 e. The fourth-order valence-corrected chi connectivity index (χ4v) is 2.98. The molecule has 1 N–H and O–H groups in total. The van der Waals surface area contributed by atoms with E-state index in [0.717, 1.165) is 0 Å². The number of ether oxygens (including phenoxy) is 6. The molecule has 40 heavy (non-hydrogen) atoms. The Morgan fingerprint density at radius 3 is 1.35 bits per heavy atom. The second-order valence-electron chi connectivity index (χ2n) is 14.0. The highest BCUT2D eigenvalue weighted by atomic mass is 16.7. The summed E-state index contributed by atoms with van der Waals surface area (Å²) in [5, 5.41) is 9.24. The zero-order valence-corrected chi connectivity index (χ0v) is 25.7. The van der Waals surface area contributed by atoms with Crippen molar-refractivity contribution in [3.63, 3.8) is 0 Å². The van der Waals surface area contributed by atoms with Crippen LogP contribution in [0.5, 0.6) is 0 Å². The molecule has 5 atom stereocenters. The Bertz CT molecular complexity index is 942. The van der Waals surface area contributed by atoms with E-state index < -0.39 is 95.4 Å². The third-order valence-electron chi connectivity index (χ3n) is 5.52. The van der Waals surface area contributed by atoms with Crippen molar-refractivity contribution in [2.24, 2.45) is 21.7 Å². The predicted molar refractivity (Wildman–Crippen MR) is 141 cm³/mol. The lowest BCUT2D eigenvalue weighted by atomic mass is 9.93. The zero-order valence-electron chi connectivity index (χ0n) is 25.7. The lowest BCUT2D eigenvalue weighted by Crippen LogP contribution is -2.64. The highest BCUT2D eigenvalue weighted by Crippen LogP contribution is 2.34. The Morgan fingerprint density at radius 1 is 0.600 bits per heavy atom. The molecule has 0 bridgehead atoms. The van der Waals surface area contributed by atoms with Crippen LogP contribution in [-0.4, -0.2) is 78.9 Å². The number of esters is 4. The molecule has 230 valence electrons. The topological polar surface area (TPSA) is 161 Å². The van der Waals surface area contributed by atoms with Gasteiger partial charge in [0, 0.05) is 0 Å². The van der Waals surface area contributed by atoms with E-state index in [9.17, 15) is 29.1 Å². The summed E-state index contributed by atoms with van der Waals surface area (Å²) in [5.74, 6) is -4.10. The molecule has 0 unspecified atom stereocenters. The maximum atomic E-state index is 13.1. The lowest BCUT2D eigenvalue weighted by Gasteiger charge is -2.45. The maximum Gasteiger partial charge on any atom is 0.329 e. The van der Waals surface area contributed by atoms with E-state index in [1.807, 2.05) is 0 Å². The fourth-order valence-electron chi connectivity index (χ4n) is 2.98. The van der Waals surface area contributed by atoms with Crippen molar-refractivity contribution in [2.75, 3.05) is 13.2 Å². The molecule has 1 aliphatic rings. The third-order valence-corrected chi connectivity index (χ3v) is 5.52. The summed E-state index contributed by atoms with van der Waals surface area (Å²) in [6, 6.07) is 0. The van der Waals surface area contributed by atoms with E-state index in [1.165, 1.54) is 0 Å². The average molecular weight is 575 g/mol. The van der Waals surface area contributed by atoms with Crippen molar-refractivity contribution in [1.29, 1.82) is 0 Å². The Kier molecular flexibility index (Phi) is 11.3. The molecule has 0 aromatic heterocycles. The lowest BCUT2D eigenvalue weighted by molar-refractivity contribution is -0.311. The van der Waals surface area contributed by atoms with Gasteiger partial charge in [-0.2, -0.15) is 0 Å². The molecule has 1 saturated heterocycles. The molecule has 0 saturated carbocycles. The quantitative estimate of drug-likeness (QED) is 0.333. The van der Waals surface area contributed by atoms with Crippen molar-refractivity contribution in [2.45, 2.75) is 114 Å². The smallest absolute Gasteiger partial charge is 0.329 e. The van der Waals surface area contributed by atoms with E-state index in [-0.39, 0.29) is 0 Å². The minimum atomic E-state index is -1.58. The normalized spacial score (nSPS) is 24.1. The number of carbonyl (C=O) groups is 5. The number of carbonyl (C=O) groups excluding carboxylic acids is 4. The van der Waals surface area contributed by atoms with Gasteiger partial charge in [0.2, 0.25) is 0 Å². The summed E-state index contributed by atoms with van der Waals surface area (Å²) in [4.78, 5) is 63.0. The molecule has 1 aliphatic heterocycles. The van der Waals surface area contributed by atoms with Gasteiger partial charge in [0.15, 0.2) is 24.6 Å². The minimum absolute atomic E-state index is 0.464. The van der Waals surface area contributed by atoms with Gasteiger partial charge in [0.25, 0.3) is 0 Å². The number of carboxylic acids is 1. The Balaban J connectivity index is 3.71. The van der Waals surface area contributed by atoms with Crippen LogP contribution in [0.3, 0.4) is 0 Å². The third kappa shape index (κ3) is 10.3. The van der Waals surface area contributed by atoms with Gasteiger partial charge in [-0.15, -0.1) is 0 Å². The number of aliphatic carboxylic acids is 1. The van der Waals surface area contributed by atoms with Crippen molar-refractivity contribution < 1.29 is 57.5 Å². The molecule has 1 rings (SSSR count). The standard InChI is InChI=1S/C28H46O12/c1-25(2,3)21(31)36-13-15-17(38-22(32)26(4,5)6)18(39-23(33)27(7,8)9)19(40-24(34)28(10,11)12)20(37-15)35-14-16(29)30/h15,17-20H,13-14H2,1-12H3,(H,29,30)/t15-,17-,18+,19+,20+/m1/s1. The van der Waals surface area contributed by atoms with Crippen molar-refractivity contribution in [3.05, 3.63) is 0 Å². The molecule has 1 fully saturated rings. The van der Waals surface area contributed by atoms with Gasteiger partial charge in [0.05, 0.1) is 21.7 Å². The Labute approximate surface area is 236 Å². The first-order valence-electron chi connectivity index (χ1n) is 13.1. The van der Waals surface area contributed by atoms with Crippen LogP contribution in [0.2, 0.25) is 0 Å². The molecule has 12 heteroatoms. The Hall–Kier alpha value is -2.73. The number of hydrogen-bond acceptors (Lipinski definition) is 11. The van der Waals surface area contributed by atoms with E-state index in [1.54, 1.807) is 83.1 Å². The number of carboxylic acid groups (broad SMARTS) is 1. The molecule has 1 heterocycles. The van der Waals surface area contributed by atoms with Crippen LogP contribution in [0.4, 0.5) is 0 Å². The summed E-state index contributed by atoms with van der Waals surface area (Å²) in [6.45, 7) is 18.0. The van der Waals surface area contributed by atoms with Gasteiger partial charge < -0.3 is 33.5 Å². The van der Waals surface area contributed by atoms with E-state index in [2.05, 4.69) is 0 Å². The SMILES string of the molecule is CC(C)(C)C(=O)OC[C@H]1O[C@H](OCC(=O)O)[C@@H](OC(=O)C(C)(C)C)[C@@H](OC(=O)C(C)(C)C)[C@@H]1OC(=O)C(C)(C)C. The largest absolute Gasteiger partial charge is 0.480 e. The molecule has 0 aromatic carbocycles. The Morgan fingerprint density at radius 2 is 0.975 bits per heavy atom. The first-order valence-corrected chi connectivity index (χ1v) is 13.1. The summed E-state index contributed by atoms with van der Waals surface area (Å²) in [7, 11) is 0. The van der Waals surface area contributed by atoms with E-state index >= 15 is 0 Å². The van der Waals surface area contributed by atoms with Crippen LogP contribution in [0.1, 0.15) is 83.1 Å². The van der Waals surface area contributed by atoms with Crippen LogP contribution >= 0.6 is 0 Å². The van der Waals surface area contributed by atoms with Crippen LogP contribution in [0, 0.1) is 21.7 Å². The molecular weight excluding hydrogens is 528 g/mol. The van der Waals surface area contributed by atoms with Gasteiger partial charge in [0.1, 0.15) is 19.3 Å². The van der Waals surface area contributed by atoms with Crippen LogP contribution in [0.25, 0.3) is 0 Å². The first kappa shape index (κ1) is 35.3. The van der Waals surface area contributed by atoms with E-state index in [4.69, 9.17) is 28.4 Å². The number of hydrogen-bond donors (Lipinski definition) is 1. The summed E-state index contributed by atoms with van der Waals surface area (Å²) < 4.78 is 34.1.